The lowest BCUT2D eigenvalue weighted by Gasteiger charge is -2.43. The molecule has 128 valence electrons. The Hall–Kier alpha value is -1.05. The molecule has 7 heteroatoms. The van der Waals surface area contributed by atoms with Gasteiger partial charge in [-0.05, 0) is 68.6 Å². The van der Waals surface area contributed by atoms with Crippen LogP contribution in [-0.4, -0.2) is 45.8 Å². The highest BCUT2D eigenvalue weighted by Gasteiger charge is 2.39. The zero-order chi connectivity index (χ0) is 16.2. The summed E-state index contributed by atoms with van der Waals surface area (Å²) in [5, 5.41) is 20.4. The number of hydrogen-bond donors (Lipinski definition) is 3. The first-order valence-electron chi connectivity index (χ1n) is 8.70. The van der Waals surface area contributed by atoms with E-state index in [0.717, 1.165) is 57.3 Å². The molecule has 1 saturated heterocycles. The van der Waals surface area contributed by atoms with Crippen molar-refractivity contribution in [3.63, 3.8) is 0 Å². The van der Waals surface area contributed by atoms with E-state index < -0.39 is 0 Å². The summed E-state index contributed by atoms with van der Waals surface area (Å²) in [5.74, 6) is 0.856. The maximum atomic E-state index is 12.7. The Labute approximate surface area is 141 Å². The first-order chi connectivity index (χ1) is 11.2. The number of piperidine rings is 1. The van der Waals surface area contributed by atoms with Gasteiger partial charge in [0.2, 0.25) is 0 Å². The van der Waals surface area contributed by atoms with Gasteiger partial charge in [-0.2, -0.15) is 0 Å². The van der Waals surface area contributed by atoms with E-state index in [2.05, 4.69) is 27.1 Å². The second kappa shape index (κ2) is 7.68. The standard InChI is InChI=1S/C16H26N4O2S/c1-2-3-13-15(23-20-19-13)16(22)18-14(11-8-12(21)9-11)10-4-6-17-7-5-10/h10-12,14,17,21H,2-9H2,1H3,(H,18,22)/t11?,12?,14-/m1/s1. The number of aryl methyl sites for hydroxylation is 1. The minimum absolute atomic E-state index is 0.0339. The third-order valence-electron chi connectivity index (χ3n) is 5.10. The molecule has 3 rings (SSSR count). The van der Waals surface area contributed by atoms with Crippen molar-refractivity contribution in [1.29, 1.82) is 0 Å². The molecule has 6 nitrogen and oxygen atoms in total. The molecule has 1 atom stereocenters. The number of nitrogens with one attached hydrogen (secondary N) is 2. The highest BCUT2D eigenvalue weighted by molar-refractivity contribution is 7.08. The van der Waals surface area contributed by atoms with Crippen LogP contribution in [0.1, 0.15) is 54.4 Å². The van der Waals surface area contributed by atoms with E-state index >= 15 is 0 Å². The van der Waals surface area contributed by atoms with Gasteiger partial charge in [0.15, 0.2) is 0 Å². The molecular weight excluding hydrogens is 312 g/mol. The van der Waals surface area contributed by atoms with Crippen LogP contribution in [0.4, 0.5) is 0 Å². The van der Waals surface area contributed by atoms with E-state index in [0.29, 0.717) is 16.7 Å². The first-order valence-corrected chi connectivity index (χ1v) is 9.47. The molecule has 2 fully saturated rings. The van der Waals surface area contributed by atoms with Gasteiger partial charge in [0.25, 0.3) is 5.91 Å². The van der Waals surface area contributed by atoms with E-state index in [1.807, 2.05) is 0 Å². The smallest absolute Gasteiger partial charge is 0.265 e. The van der Waals surface area contributed by atoms with Gasteiger partial charge in [-0.3, -0.25) is 4.79 Å². The summed E-state index contributed by atoms with van der Waals surface area (Å²) in [6.07, 6.45) is 5.33. The van der Waals surface area contributed by atoms with E-state index in [4.69, 9.17) is 0 Å². The molecule has 23 heavy (non-hydrogen) atoms. The fourth-order valence-corrected chi connectivity index (χ4v) is 4.36. The number of aliphatic hydroxyl groups is 1. The Balaban J connectivity index is 1.69. The van der Waals surface area contributed by atoms with Crippen LogP contribution in [-0.2, 0) is 6.42 Å². The molecule has 0 radical (unpaired) electrons. The molecule has 0 bridgehead atoms. The van der Waals surface area contributed by atoms with Gasteiger partial charge >= 0.3 is 0 Å². The summed E-state index contributed by atoms with van der Waals surface area (Å²) in [4.78, 5) is 13.4. The van der Waals surface area contributed by atoms with Crippen molar-refractivity contribution in [3.8, 4) is 0 Å². The number of rotatable bonds is 6. The maximum absolute atomic E-state index is 12.7. The summed E-state index contributed by atoms with van der Waals surface area (Å²) in [6, 6.07) is 0.157. The van der Waals surface area contributed by atoms with Gasteiger partial charge in [0.05, 0.1) is 11.8 Å². The van der Waals surface area contributed by atoms with Crippen molar-refractivity contribution in [2.45, 2.75) is 57.6 Å². The second-order valence-electron chi connectivity index (χ2n) is 6.77. The summed E-state index contributed by atoms with van der Waals surface area (Å²) in [7, 11) is 0. The fourth-order valence-electron chi connectivity index (χ4n) is 3.75. The second-order valence-corrected chi connectivity index (χ2v) is 7.52. The molecule has 1 aromatic rings. The molecule has 1 amide bonds. The summed E-state index contributed by atoms with van der Waals surface area (Å²) >= 11 is 1.19. The number of carbonyl (C=O) groups is 1. The van der Waals surface area contributed by atoms with Gasteiger partial charge in [0.1, 0.15) is 4.88 Å². The third kappa shape index (κ3) is 3.89. The highest BCUT2D eigenvalue weighted by atomic mass is 32.1. The van der Waals surface area contributed by atoms with Crippen LogP contribution < -0.4 is 10.6 Å². The number of nitrogens with zero attached hydrogens (tertiary/aromatic N) is 2. The van der Waals surface area contributed by atoms with Gasteiger partial charge in [-0.25, -0.2) is 0 Å². The molecule has 1 aromatic heterocycles. The molecule has 3 N–H and O–H groups in total. The van der Waals surface area contributed by atoms with Crippen LogP contribution in [0.5, 0.6) is 0 Å². The van der Waals surface area contributed by atoms with Crippen LogP contribution in [0.25, 0.3) is 0 Å². The summed E-state index contributed by atoms with van der Waals surface area (Å²) in [5.41, 5.74) is 0.813. The van der Waals surface area contributed by atoms with Crippen LogP contribution in [0.15, 0.2) is 0 Å². The quantitative estimate of drug-likeness (QED) is 0.729. The van der Waals surface area contributed by atoms with Crippen molar-refractivity contribution < 1.29 is 9.90 Å². The predicted octanol–water partition coefficient (Wildman–Crippen LogP) is 1.36. The average molecular weight is 338 g/mol. The zero-order valence-electron chi connectivity index (χ0n) is 13.6. The minimum atomic E-state index is -0.193. The Morgan fingerprint density at radius 1 is 1.39 bits per heavy atom. The predicted molar refractivity (Wildman–Crippen MR) is 89.5 cm³/mol. The van der Waals surface area contributed by atoms with Gasteiger partial charge in [-0.1, -0.05) is 17.8 Å². The molecule has 1 aliphatic carbocycles. The summed E-state index contributed by atoms with van der Waals surface area (Å²) in [6.45, 7) is 4.10. The number of aromatic nitrogens is 2. The van der Waals surface area contributed by atoms with Crippen LogP contribution in [0, 0.1) is 11.8 Å². The van der Waals surface area contributed by atoms with Crippen LogP contribution >= 0.6 is 11.5 Å². The maximum Gasteiger partial charge on any atom is 0.265 e. The minimum Gasteiger partial charge on any atom is -0.393 e. The van der Waals surface area contributed by atoms with Crippen LogP contribution in [0.2, 0.25) is 0 Å². The number of amides is 1. The van der Waals surface area contributed by atoms with Gasteiger partial charge < -0.3 is 15.7 Å². The SMILES string of the molecule is CCCc1nnsc1C(=O)N[C@H](C1CCNCC1)C1CC(O)C1. The molecule has 1 aliphatic heterocycles. The Morgan fingerprint density at radius 3 is 2.78 bits per heavy atom. The topological polar surface area (TPSA) is 87.1 Å². The number of aliphatic hydroxyl groups excluding tert-OH is 1. The molecule has 2 aliphatic rings. The molecule has 0 spiro atoms. The lowest BCUT2D eigenvalue weighted by Crippen LogP contribution is -2.52. The lowest BCUT2D eigenvalue weighted by molar-refractivity contribution is 0.00922. The Morgan fingerprint density at radius 2 is 2.13 bits per heavy atom. The van der Waals surface area contributed by atoms with Crippen molar-refractivity contribution in [2.75, 3.05) is 13.1 Å². The zero-order valence-corrected chi connectivity index (χ0v) is 14.4. The third-order valence-corrected chi connectivity index (χ3v) is 5.86. The van der Waals surface area contributed by atoms with Crippen molar-refractivity contribution in [1.82, 2.24) is 20.2 Å². The van der Waals surface area contributed by atoms with Crippen molar-refractivity contribution >= 4 is 17.4 Å². The Kier molecular flexibility index (Phi) is 5.61. The monoisotopic (exact) mass is 338 g/mol. The van der Waals surface area contributed by atoms with Gasteiger partial charge in [-0.15, -0.1) is 5.10 Å². The first kappa shape index (κ1) is 16.8. The van der Waals surface area contributed by atoms with E-state index in [1.165, 1.54) is 11.5 Å². The number of carbonyl (C=O) groups excluding carboxylic acids is 1. The van der Waals surface area contributed by atoms with Gasteiger partial charge in [0, 0.05) is 6.04 Å². The van der Waals surface area contributed by atoms with Crippen molar-refractivity contribution in [2.24, 2.45) is 11.8 Å². The highest BCUT2D eigenvalue weighted by Crippen LogP contribution is 2.36. The lowest BCUT2D eigenvalue weighted by atomic mass is 9.71. The molecule has 1 saturated carbocycles. The molecule has 0 aromatic carbocycles. The fraction of sp³-hybridized carbons (Fsp3) is 0.812. The van der Waals surface area contributed by atoms with Crippen LogP contribution in [0.3, 0.4) is 0 Å². The van der Waals surface area contributed by atoms with E-state index in [1.54, 1.807) is 0 Å². The molecule has 2 heterocycles. The molecular formula is C16H26N4O2S. The average Bonchev–Trinajstić information content (AvgIpc) is 2.99. The Bertz CT molecular complexity index is 524. The number of hydrogen-bond acceptors (Lipinski definition) is 6. The van der Waals surface area contributed by atoms with E-state index in [-0.39, 0.29) is 18.1 Å². The summed E-state index contributed by atoms with van der Waals surface area (Å²) < 4.78 is 3.95. The normalized spacial score (nSPS) is 26.5. The van der Waals surface area contributed by atoms with E-state index in [9.17, 15) is 9.90 Å². The largest absolute Gasteiger partial charge is 0.393 e. The van der Waals surface area contributed by atoms with Crippen molar-refractivity contribution in [3.05, 3.63) is 10.6 Å². The molecule has 0 unspecified atom stereocenters.